The van der Waals surface area contributed by atoms with Gasteiger partial charge in [-0.15, -0.1) is 0 Å². The summed E-state index contributed by atoms with van der Waals surface area (Å²) in [4.78, 5) is 13.7. The molecule has 0 saturated carbocycles. The molecule has 0 unspecified atom stereocenters. The fourth-order valence-corrected chi connectivity index (χ4v) is 2.20. The largest absolute Gasteiger partial charge is 0.359 e. The summed E-state index contributed by atoms with van der Waals surface area (Å²) >= 11 is 0. The van der Waals surface area contributed by atoms with Gasteiger partial charge in [-0.25, -0.2) is 0 Å². The first-order valence-electron chi connectivity index (χ1n) is 7.64. The highest BCUT2D eigenvalue weighted by Gasteiger charge is 2.13. The van der Waals surface area contributed by atoms with Crippen molar-refractivity contribution in [2.75, 3.05) is 19.6 Å². The van der Waals surface area contributed by atoms with Crippen LogP contribution in [0.25, 0.3) is 11.3 Å². The highest BCUT2D eigenvalue weighted by atomic mass is 16.5. The third-order valence-corrected chi connectivity index (χ3v) is 3.47. The molecule has 5 heteroatoms. The number of nitrogens with one attached hydrogen (secondary N) is 1. The van der Waals surface area contributed by atoms with E-state index in [0.717, 1.165) is 23.6 Å². The van der Waals surface area contributed by atoms with Gasteiger partial charge in [-0.05, 0) is 20.4 Å². The van der Waals surface area contributed by atoms with Crippen LogP contribution >= 0.6 is 0 Å². The summed E-state index contributed by atoms with van der Waals surface area (Å²) in [5.41, 5.74) is 3.07. The first kappa shape index (κ1) is 16.2. The maximum absolute atomic E-state index is 11.7. The number of hydrogen-bond donors (Lipinski definition) is 1. The minimum absolute atomic E-state index is 0.0302. The summed E-state index contributed by atoms with van der Waals surface area (Å²) in [6, 6.07) is 10.1. The first-order valence-corrected chi connectivity index (χ1v) is 7.64. The standard InChI is InChI=1S/C17H23N3O2/c1-4-18-17(21)12-20(5-2)11-15-10-16(19-22-15)14-8-6-13(3)7-9-14/h6-10H,4-5,11-12H2,1-3H3,(H,18,21). The average molecular weight is 301 g/mol. The quantitative estimate of drug-likeness (QED) is 0.854. The Balaban J connectivity index is 2.01. The Hall–Kier alpha value is -2.14. The van der Waals surface area contributed by atoms with Crippen LogP contribution in [-0.4, -0.2) is 35.6 Å². The van der Waals surface area contributed by atoms with Gasteiger partial charge in [0.2, 0.25) is 5.91 Å². The van der Waals surface area contributed by atoms with Crippen LogP contribution in [0.5, 0.6) is 0 Å². The molecular formula is C17H23N3O2. The van der Waals surface area contributed by atoms with Crippen molar-refractivity contribution in [2.24, 2.45) is 0 Å². The smallest absolute Gasteiger partial charge is 0.234 e. The van der Waals surface area contributed by atoms with Crippen LogP contribution in [0.3, 0.4) is 0 Å². The molecule has 0 bridgehead atoms. The second-order valence-electron chi connectivity index (χ2n) is 5.30. The molecule has 0 atom stereocenters. The van der Waals surface area contributed by atoms with Gasteiger partial charge in [-0.2, -0.15) is 0 Å². The van der Waals surface area contributed by atoms with Gasteiger partial charge in [-0.3, -0.25) is 9.69 Å². The van der Waals surface area contributed by atoms with E-state index in [0.29, 0.717) is 19.6 Å². The lowest BCUT2D eigenvalue weighted by Crippen LogP contribution is -2.36. The van der Waals surface area contributed by atoms with Crippen LogP contribution in [-0.2, 0) is 11.3 Å². The molecule has 0 spiro atoms. The van der Waals surface area contributed by atoms with Crippen LogP contribution in [0.2, 0.25) is 0 Å². The van der Waals surface area contributed by atoms with Crippen molar-refractivity contribution in [3.63, 3.8) is 0 Å². The maximum atomic E-state index is 11.7. The number of carbonyl (C=O) groups excluding carboxylic acids is 1. The molecule has 0 radical (unpaired) electrons. The van der Waals surface area contributed by atoms with E-state index in [1.54, 1.807) is 0 Å². The minimum Gasteiger partial charge on any atom is -0.359 e. The summed E-state index contributed by atoms with van der Waals surface area (Å²) in [5.74, 6) is 0.796. The summed E-state index contributed by atoms with van der Waals surface area (Å²) in [6.45, 7) is 8.36. The molecule has 2 rings (SSSR count). The van der Waals surface area contributed by atoms with E-state index in [1.165, 1.54) is 5.56 Å². The van der Waals surface area contributed by atoms with E-state index < -0.39 is 0 Å². The molecule has 0 aliphatic rings. The molecule has 1 amide bonds. The molecule has 0 aliphatic heterocycles. The van der Waals surface area contributed by atoms with E-state index in [4.69, 9.17) is 4.52 Å². The molecule has 5 nitrogen and oxygen atoms in total. The van der Waals surface area contributed by atoms with Gasteiger partial charge in [0, 0.05) is 18.2 Å². The molecular weight excluding hydrogens is 278 g/mol. The molecule has 0 fully saturated rings. The maximum Gasteiger partial charge on any atom is 0.234 e. The number of likely N-dealkylation sites (N-methyl/N-ethyl adjacent to an activating group) is 2. The van der Waals surface area contributed by atoms with Crippen LogP contribution in [0.15, 0.2) is 34.9 Å². The molecule has 2 aromatic rings. The fourth-order valence-electron chi connectivity index (χ4n) is 2.20. The third-order valence-electron chi connectivity index (χ3n) is 3.47. The van der Waals surface area contributed by atoms with Crippen molar-refractivity contribution in [3.8, 4) is 11.3 Å². The number of hydrogen-bond acceptors (Lipinski definition) is 4. The molecule has 22 heavy (non-hydrogen) atoms. The van der Waals surface area contributed by atoms with E-state index in [-0.39, 0.29) is 5.91 Å². The van der Waals surface area contributed by atoms with Gasteiger partial charge in [-0.1, -0.05) is 41.9 Å². The van der Waals surface area contributed by atoms with Crippen molar-refractivity contribution >= 4 is 5.91 Å². The molecule has 0 aliphatic carbocycles. The summed E-state index contributed by atoms with van der Waals surface area (Å²) < 4.78 is 5.40. The topological polar surface area (TPSA) is 58.4 Å². The Morgan fingerprint density at radius 1 is 1.27 bits per heavy atom. The second kappa shape index (κ2) is 7.75. The number of rotatable bonds is 7. The van der Waals surface area contributed by atoms with Gasteiger partial charge >= 0.3 is 0 Å². The Morgan fingerprint density at radius 2 is 2.00 bits per heavy atom. The minimum atomic E-state index is 0.0302. The van der Waals surface area contributed by atoms with Crippen LogP contribution < -0.4 is 5.32 Å². The molecule has 0 saturated heterocycles. The summed E-state index contributed by atoms with van der Waals surface area (Å²) in [7, 11) is 0. The third kappa shape index (κ3) is 4.43. The molecule has 1 aromatic carbocycles. The fraction of sp³-hybridized carbons (Fsp3) is 0.412. The van der Waals surface area contributed by atoms with Gasteiger partial charge in [0.1, 0.15) is 5.69 Å². The molecule has 1 N–H and O–H groups in total. The predicted molar refractivity (Wildman–Crippen MR) is 86.3 cm³/mol. The second-order valence-corrected chi connectivity index (χ2v) is 5.30. The molecule has 1 heterocycles. The van der Waals surface area contributed by atoms with Crippen molar-refractivity contribution in [2.45, 2.75) is 27.3 Å². The normalized spacial score (nSPS) is 10.9. The number of benzene rings is 1. The highest BCUT2D eigenvalue weighted by Crippen LogP contribution is 2.20. The predicted octanol–water partition coefficient (Wildman–Crippen LogP) is 2.61. The van der Waals surface area contributed by atoms with Gasteiger partial charge in [0.05, 0.1) is 13.1 Å². The molecule has 1 aromatic heterocycles. The lowest BCUT2D eigenvalue weighted by Gasteiger charge is -2.17. The number of aryl methyl sites for hydroxylation is 1. The lowest BCUT2D eigenvalue weighted by molar-refractivity contribution is -0.122. The zero-order valence-corrected chi connectivity index (χ0v) is 13.4. The van der Waals surface area contributed by atoms with E-state index in [9.17, 15) is 4.79 Å². The van der Waals surface area contributed by atoms with Crippen molar-refractivity contribution in [3.05, 3.63) is 41.7 Å². The van der Waals surface area contributed by atoms with Gasteiger partial charge in [0.25, 0.3) is 0 Å². The number of carbonyl (C=O) groups is 1. The van der Waals surface area contributed by atoms with Crippen molar-refractivity contribution in [1.29, 1.82) is 0 Å². The zero-order chi connectivity index (χ0) is 15.9. The Labute approximate surface area is 131 Å². The lowest BCUT2D eigenvalue weighted by atomic mass is 10.1. The number of aromatic nitrogens is 1. The van der Waals surface area contributed by atoms with E-state index in [2.05, 4.69) is 29.5 Å². The highest BCUT2D eigenvalue weighted by molar-refractivity contribution is 5.77. The summed E-state index contributed by atoms with van der Waals surface area (Å²) in [6.07, 6.45) is 0. The van der Waals surface area contributed by atoms with Crippen LogP contribution in [0.1, 0.15) is 25.2 Å². The Bertz CT molecular complexity index is 605. The van der Waals surface area contributed by atoms with Crippen molar-refractivity contribution in [1.82, 2.24) is 15.4 Å². The van der Waals surface area contributed by atoms with Crippen LogP contribution in [0.4, 0.5) is 0 Å². The van der Waals surface area contributed by atoms with Gasteiger partial charge in [0.15, 0.2) is 5.76 Å². The Kier molecular flexibility index (Phi) is 5.72. The SMILES string of the molecule is CCNC(=O)CN(CC)Cc1cc(-c2ccc(C)cc2)no1. The average Bonchev–Trinajstić information content (AvgIpc) is 2.96. The zero-order valence-electron chi connectivity index (χ0n) is 13.4. The Morgan fingerprint density at radius 3 is 2.64 bits per heavy atom. The van der Waals surface area contributed by atoms with E-state index in [1.807, 2.05) is 36.9 Å². The molecule has 118 valence electrons. The number of amides is 1. The monoisotopic (exact) mass is 301 g/mol. The van der Waals surface area contributed by atoms with Crippen molar-refractivity contribution < 1.29 is 9.32 Å². The first-order chi connectivity index (χ1) is 10.6. The van der Waals surface area contributed by atoms with E-state index >= 15 is 0 Å². The summed E-state index contributed by atoms with van der Waals surface area (Å²) in [5, 5.41) is 6.92. The van der Waals surface area contributed by atoms with Crippen LogP contribution in [0, 0.1) is 6.92 Å². The number of nitrogens with zero attached hydrogens (tertiary/aromatic N) is 2. The van der Waals surface area contributed by atoms with Gasteiger partial charge < -0.3 is 9.84 Å².